The Bertz CT molecular complexity index is 3350. The van der Waals surface area contributed by atoms with Crippen LogP contribution in [-0.4, -0.2) is 17.2 Å². The zero-order valence-electron chi connectivity index (χ0n) is 35.1. The van der Waals surface area contributed by atoms with Crippen LogP contribution in [0.25, 0.3) is 66.1 Å². The van der Waals surface area contributed by atoms with Gasteiger partial charge in [-0.2, -0.15) is 0 Å². The molecule has 0 saturated carbocycles. The Morgan fingerprint density at radius 1 is 0.365 bits per heavy atom. The molecule has 0 aliphatic heterocycles. The summed E-state index contributed by atoms with van der Waals surface area (Å²) in [7, 11) is -2.59. The standard InChI is InChI=1S/C60H46N2Si/c1-5-19-43(20-6-1)44-21-17-22-47(39-44)61-57-33-15-13-31-53(57)55-40-45(35-37-59(55)61)46-36-38-60-56(41-46)54-32-14-16-34-58(54)62(60)48-23-18-30-52(42-48)63(49-24-7-2-8-25-49,50-26-9-3-10-27-50)51-28-11-4-12-29-51/h1-38,40-41,44,52H,39,42H2. The number of fused-ring (bicyclic) bond motifs is 6. The monoisotopic (exact) mass is 822 g/mol. The molecule has 2 aliphatic rings. The van der Waals surface area contributed by atoms with Crippen LogP contribution in [0.15, 0.2) is 243 Å². The van der Waals surface area contributed by atoms with E-state index in [0.717, 1.165) is 12.8 Å². The van der Waals surface area contributed by atoms with E-state index in [1.165, 1.54) is 87.3 Å². The van der Waals surface area contributed by atoms with Gasteiger partial charge in [-0.15, -0.1) is 0 Å². The largest absolute Gasteiger partial charge is 0.313 e. The molecular weight excluding hydrogens is 777 g/mol. The molecule has 0 N–H and O–H groups in total. The van der Waals surface area contributed by atoms with Crippen molar-refractivity contribution in [1.29, 1.82) is 0 Å². The highest BCUT2D eigenvalue weighted by Crippen LogP contribution is 2.43. The van der Waals surface area contributed by atoms with Gasteiger partial charge in [-0.1, -0.05) is 194 Å². The van der Waals surface area contributed by atoms with E-state index in [4.69, 9.17) is 0 Å². The minimum absolute atomic E-state index is 0.290. The Balaban J connectivity index is 0.958. The number of allylic oxidation sites excluding steroid dienone is 8. The van der Waals surface area contributed by atoms with Crippen LogP contribution in [-0.2, 0) is 0 Å². The molecule has 2 atom stereocenters. The molecular formula is C60H46N2Si. The summed E-state index contributed by atoms with van der Waals surface area (Å²) in [6.07, 6.45) is 16.0. The Kier molecular flexibility index (Phi) is 9.16. The van der Waals surface area contributed by atoms with Gasteiger partial charge in [0, 0.05) is 38.9 Å². The topological polar surface area (TPSA) is 9.86 Å². The fourth-order valence-electron chi connectivity index (χ4n) is 11.1. The molecule has 0 bridgehead atoms. The zero-order chi connectivity index (χ0) is 41.7. The first-order valence-corrected chi connectivity index (χ1v) is 24.4. The average molecular weight is 823 g/mol. The maximum absolute atomic E-state index is 2.59. The van der Waals surface area contributed by atoms with Crippen molar-refractivity contribution in [2.75, 3.05) is 0 Å². The first kappa shape index (κ1) is 37.3. The Morgan fingerprint density at radius 3 is 1.29 bits per heavy atom. The number of aromatic nitrogens is 2. The maximum atomic E-state index is 2.55. The Hall–Kier alpha value is -7.46. The van der Waals surface area contributed by atoms with Crippen LogP contribution < -0.4 is 15.6 Å². The molecule has 12 rings (SSSR count). The van der Waals surface area contributed by atoms with E-state index in [9.17, 15) is 0 Å². The van der Waals surface area contributed by atoms with Crippen LogP contribution in [0.5, 0.6) is 0 Å². The number of rotatable bonds is 8. The summed E-state index contributed by atoms with van der Waals surface area (Å²) in [6.45, 7) is 0. The van der Waals surface area contributed by atoms with Crippen LogP contribution in [0.1, 0.15) is 24.3 Å². The predicted molar refractivity (Wildman–Crippen MR) is 271 cm³/mol. The van der Waals surface area contributed by atoms with Crippen molar-refractivity contribution in [3.63, 3.8) is 0 Å². The van der Waals surface area contributed by atoms with Crippen LogP contribution in [0, 0.1) is 0 Å². The zero-order valence-corrected chi connectivity index (χ0v) is 36.1. The van der Waals surface area contributed by atoms with Crippen molar-refractivity contribution in [3.05, 3.63) is 248 Å². The summed E-state index contributed by atoms with van der Waals surface area (Å²) in [4.78, 5) is 0. The number of hydrogen-bond acceptors (Lipinski definition) is 0. The summed E-state index contributed by atoms with van der Waals surface area (Å²) in [5.74, 6) is 0.350. The molecule has 0 spiro atoms. The number of hydrogen-bond donors (Lipinski definition) is 0. The van der Waals surface area contributed by atoms with Gasteiger partial charge in [0.25, 0.3) is 0 Å². The fourth-order valence-corrected chi connectivity index (χ4v) is 16.4. The van der Waals surface area contributed by atoms with Crippen molar-refractivity contribution < 1.29 is 0 Å². The van der Waals surface area contributed by atoms with Gasteiger partial charge in [-0.05, 0) is 99.2 Å². The summed E-state index contributed by atoms with van der Waals surface area (Å²) in [6, 6.07) is 77.0. The molecule has 0 fully saturated rings. The van der Waals surface area contributed by atoms with E-state index in [-0.39, 0.29) is 0 Å². The van der Waals surface area contributed by atoms with Crippen LogP contribution >= 0.6 is 0 Å². The smallest absolute Gasteiger partial charge is 0.155 e. The normalized spacial score (nSPS) is 16.5. The highest BCUT2D eigenvalue weighted by Gasteiger charge is 2.46. The van der Waals surface area contributed by atoms with Gasteiger partial charge in [0.1, 0.15) is 0 Å². The van der Waals surface area contributed by atoms with Gasteiger partial charge >= 0.3 is 0 Å². The summed E-state index contributed by atoms with van der Waals surface area (Å²) >= 11 is 0. The molecule has 10 aromatic rings. The van der Waals surface area contributed by atoms with Crippen LogP contribution in [0.4, 0.5) is 0 Å². The van der Waals surface area contributed by atoms with Gasteiger partial charge in [-0.3, -0.25) is 0 Å². The highest BCUT2D eigenvalue weighted by atomic mass is 28.3. The van der Waals surface area contributed by atoms with E-state index >= 15 is 0 Å². The summed E-state index contributed by atoms with van der Waals surface area (Å²) in [5, 5.41) is 9.44. The molecule has 3 heteroatoms. The quantitative estimate of drug-likeness (QED) is 0.107. The third kappa shape index (κ3) is 6.14. The fraction of sp³-hybridized carbons (Fsp3) is 0.0667. The molecule has 2 aliphatic carbocycles. The van der Waals surface area contributed by atoms with Crippen molar-refractivity contribution in [2.45, 2.75) is 24.3 Å². The lowest BCUT2D eigenvalue weighted by Crippen LogP contribution is -2.69. The molecule has 0 amide bonds. The third-order valence-electron chi connectivity index (χ3n) is 13.8. The predicted octanol–water partition coefficient (Wildman–Crippen LogP) is 13.5. The van der Waals surface area contributed by atoms with E-state index < -0.39 is 8.07 Å². The van der Waals surface area contributed by atoms with E-state index in [0.29, 0.717) is 11.5 Å². The first-order valence-electron chi connectivity index (χ1n) is 22.3. The van der Waals surface area contributed by atoms with Gasteiger partial charge in [-0.25, -0.2) is 0 Å². The third-order valence-corrected chi connectivity index (χ3v) is 19.1. The van der Waals surface area contributed by atoms with Crippen molar-refractivity contribution in [1.82, 2.24) is 9.13 Å². The second-order valence-corrected chi connectivity index (χ2v) is 21.3. The van der Waals surface area contributed by atoms with Gasteiger partial charge in [0.05, 0.1) is 22.1 Å². The minimum Gasteiger partial charge on any atom is -0.313 e. The second-order valence-electron chi connectivity index (χ2n) is 17.2. The SMILES string of the molecule is C1=CC(c2ccccc2)CC(n2c3ccccc3c3cc(-c4ccc5c(c4)c4ccccc4n5C4=CC=CC([Si](c5ccccc5)(c5ccccc5)c5ccccc5)C4)ccc32)=C1. The highest BCUT2D eigenvalue weighted by molar-refractivity contribution is 7.12. The molecule has 2 nitrogen and oxygen atoms in total. The summed E-state index contributed by atoms with van der Waals surface area (Å²) in [5.41, 5.74) is 11.8. The Labute approximate surface area is 369 Å². The molecule has 63 heavy (non-hydrogen) atoms. The lowest BCUT2D eigenvalue weighted by molar-refractivity contribution is 0.837. The first-order chi connectivity index (χ1) is 31.3. The van der Waals surface area contributed by atoms with E-state index in [2.05, 4.69) is 252 Å². The second kappa shape index (κ2) is 15.5. The average Bonchev–Trinajstić information content (AvgIpc) is 3.88. The Morgan fingerprint density at radius 2 is 0.778 bits per heavy atom. The summed E-state index contributed by atoms with van der Waals surface area (Å²) < 4.78 is 5.05. The maximum Gasteiger partial charge on any atom is 0.155 e. The molecule has 2 heterocycles. The van der Waals surface area contributed by atoms with E-state index in [1.807, 2.05) is 0 Å². The number of para-hydroxylation sites is 2. The van der Waals surface area contributed by atoms with Crippen molar-refractivity contribution >= 4 is 78.6 Å². The van der Waals surface area contributed by atoms with Crippen LogP contribution in [0.2, 0.25) is 5.54 Å². The number of benzene rings is 8. The van der Waals surface area contributed by atoms with E-state index in [1.54, 1.807) is 0 Å². The van der Waals surface area contributed by atoms with Crippen molar-refractivity contribution in [2.24, 2.45) is 0 Å². The molecule has 0 saturated heterocycles. The molecule has 2 aromatic heterocycles. The molecule has 300 valence electrons. The van der Waals surface area contributed by atoms with Gasteiger partial charge < -0.3 is 9.13 Å². The van der Waals surface area contributed by atoms with Crippen LogP contribution in [0.3, 0.4) is 0 Å². The van der Waals surface area contributed by atoms with Gasteiger partial charge in [0.2, 0.25) is 0 Å². The number of nitrogens with zero attached hydrogens (tertiary/aromatic N) is 2. The lowest BCUT2D eigenvalue weighted by Gasteiger charge is -2.41. The molecule has 0 radical (unpaired) electrons. The molecule has 2 unspecified atom stereocenters. The lowest BCUT2D eigenvalue weighted by atomic mass is 9.91. The van der Waals surface area contributed by atoms with Gasteiger partial charge in [0.15, 0.2) is 8.07 Å². The van der Waals surface area contributed by atoms with Crippen molar-refractivity contribution in [3.8, 4) is 11.1 Å². The minimum atomic E-state index is -2.59. The molecule has 8 aromatic carbocycles.